The van der Waals surface area contributed by atoms with Crippen molar-refractivity contribution in [3.05, 3.63) is 35.1 Å². The Kier molecular flexibility index (Phi) is 7.18. The third kappa shape index (κ3) is 6.12. The third-order valence-corrected chi connectivity index (χ3v) is 2.87. The van der Waals surface area contributed by atoms with Crippen molar-refractivity contribution in [1.82, 2.24) is 5.32 Å². The van der Waals surface area contributed by atoms with Crippen LogP contribution in [-0.2, 0) is 11.3 Å². The predicted molar refractivity (Wildman–Crippen MR) is 75.3 cm³/mol. The third-order valence-electron chi connectivity index (χ3n) is 2.87. The molecule has 2 N–H and O–H groups in total. The molecule has 0 spiro atoms. The number of nitrogens with one attached hydrogen (secondary N) is 1. The standard InChI is InChI=1S/C15H22FNO3/c1-11(2)5-7-20-8-6-17-10-13-9-12(15(18)19)3-4-14(13)16/h3-4,9,11,17H,5-8,10H2,1-2H3,(H,18,19). The maximum Gasteiger partial charge on any atom is 0.335 e. The number of hydrogen-bond donors (Lipinski definition) is 2. The summed E-state index contributed by atoms with van der Waals surface area (Å²) in [5, 5.41) is 11.9. The SMILES string of the molecule is CC(C)CCOCCNCc1cc(C(=O)O)ccc1F. The van der Waals surface area contributed by atoms with Crippen molar-refractivity contribution >= 4 is 5.97 Å². The van der Waals surface area contributed by atoms with Gasteiger partial charge in [0.2, 0.25) is 0 Å². The van der Waals surface area contributed by atoms with Crippen LogP contribution in [0.3, 0.4) is 0 Å². The Hall–Kier alpha value is -1.46. The molecule has 0 saturated carbocycles. The molecule has 0 amide bonds. The Morgan fingerprint density at radius 1 is 1.40 bits per heavy atom. The van der Waals surface area contributed by atoms with E-state index in [1.807, 2.05) is 0 Å². The van der Waals surface area contributed by atoms with Gasteiger partial charge in [-0.1, -0.05) is 13.8 Å². The van der Waals surface area contributed by atoms with Gasteiger partial charge in [-0.05, 0) is 30.5 Å². The van der Waals surface area contributed by atoms with Gasteiger partial charge >= 0.3 is 5.97 Å². The molecule has 0 aliphatic heterocycles. The monoisotopic (exact) mass is 283 g/mol. The summed E-state index contributed by atoms with van der Waals surface area (Å²) in [7, 11) is 0. The van der Waals surface area contributed by atoms with Crippen LogP contribution in [0.2, 0.25) is 0 Å². The van der Waals surface area contributed by atoms with Crippen molar-refractivity contribution in [2.45, 2.75) is 26.8 Å². The van der Waals surface area contributed by atoms with Gasteiger partial charge < -0.3 is 15.2 Å². The van der Waals surface area contributed by atoms with Crippen LogP contribution >= 0.6 is 0 Å². The highest BCUT2D eigenvalue weighted by atomic mass is 19.1. The van der Waals surface area contributed by atoms with Gasteiger partial charge in [0, 0.05) is 25.3 Å². The summed E-state index contributed by atoms with van der Waals surface area (Å²) in [4.78, 5) is 10.8. The summed E-state index contributed by atoms with van der Waals surface area (Å²) in [5.74, 6) is -0.831. The Morgan fingerprint density at radius 3 is 2.80 bits per heavy atom. The number of carboxylic acids is 1. The molecule has 112 valence electrons. The Labute approximate surface area is 119 Å². The maximum atomic E-state index is 13.5. The number of hydrogen-bond acceptors (Lipinski definition) is 3. The van der Waals surface area contributed by atoms with E-state index in [1.54, 1.807) is 0 Å². The number of carboxylic acid groups (broad SMARTS) is 1. The average Bonchev–Trinajstić information content (AvgIpc) is 2.38. The molecular weight excluding hydrogens is 261 g/mol. The zero-order valence-corrected chi connectivity index (χ0v) is 12.0. The lowest BCUT2D eigenvalue weighted by Gasteiger charge is -2.08. The molecule has 0 aliphatic carbocycles. The predicted octanol–water partition coefficient (Wildman–Crippen LogP) is 2.68. The van der Waals surface area contributed by atoms with Gasteiger partial charge in [-0.2, -0.15) is 0 Å². The molecule has 0 radical (unpaired) electrons. The molecular formula is C15H22FNO3. The van der Waals surface area contributed by atoms with Crippen molar-refractivity contribution in [2.24, 2.45) is 5.92 Å². The van der Waals surface area contributed by atoms with Gasteiger partial charge in [0.05, 0.1) is 12.2 Å². The van der Waals surface area contributed by atoms with Crippen LogP contribution in [0.4, 0.5) is 4.39 Å². The summed E-state index contributed by atoms with van der Waals surface area (Å²) in [6.07, 6.45) is 1.02. The number of carbonyl (C=O) groups is 1. The average molecular weight is 283 g/mol. The fourth-order valence-electron chi connectivity index (χ4n) is 1.63. The van der Waals surface area contributed by atoms with E-state index < -0.39 is 11.8 Å². The summed E-state index contributed by atoms with van der Waals surface area (Å²) >= 11 is 0. The molecule has 0 unspecified atom stereocenters. The molecule has 1 aromatic rings. The second-order valence-electron chi connectivity index (χ2n) is 5.08. The normalized spacial score (nSPS) is 11.0. The Morgan fingerprint density at radius 2 is 2.15 bits per heavy atom. The van der Waals surface area contributed by atoms with E-state index in [9.17, 15) is 9.18 Å². The zero-order chi connectivity index (χ0) is 15.0. The molecule has 0 heterocycles. The van der Waals surface area contributed by atoms with E-state index in [0.717, 1.165) is 13.0 Å². The molecule has 0 saturated heterocycles. The van der Waals surface area contributed by atoms with E-state index in [1.165, 1.54) is 18.2 Å². The minimum absolute atomic E-state index is 0.0939. The van der Waals surface area contributed by atoms with Crippen LogP contribution in [0.25, 0.3) is 0 Å². The quantitative estimate of drug-likeness (QED) is 0.684. The van der Waals surface area contributed by atoms with Gasteiger partial charge in [-0.15, -0.1) is 0 Å². The highest BCUT2D eigenvalue weighted by Gasteiger charge is 2.07. The highest BCUT2D eigenvalue weighted by molar-refractivity contribution is 5.87. The number of benzene rings is 1. The first-order valence-corrected chi connectivity index (χ1v) is 6.81. The molecule has 0 fully saturated rings. The topological polar surface area (TPSA) is 58.6 Å². The fourth-order valence-corrected chi connectivity index (χ4v) is 1.63. The van der Waals surface area contributed by atoms with E-state index in [0.29, 0.717) is 31.2 Å². The highest BCUT2D eigenvalue weighted by Crippen LogP contribution is 2.10. The van der Waals surface area contributed by atoms with Crippen LogP contribution in [0, 0.1) is 11.7 Å². The van der Waals surface area contributed by atoms with Crippen LogP contribution in [0.15, 0.2) is 18.2 Å². The molecule has 1 aromatic carbocycles. The number of rotatable bonds is 9. The molecule has 0 aliphatic rings. The van der Waals surface area contributed by atoms with Gasteiger partial charge in [-0.3, -0.25) is 0 Å². The van der Waals surface area contributed by atoms with E-state index in [4.69, 9.17) is 9.84 Å². The van der Waals surface area contributed by atoms with Crippen molar-refractivity contribution < 1.29 is 19.0 Å². The van der Waals surface area contributed by atoms with Crippen LogP contribution in [0.5, 0.6) is 0 Å². The molecule has 1 rings (SSSR count). The van der Waals surface area contributed by atoms with E-state index >= 15 is 0 Å². The zero-order valence-electron chi connectivity index (χ0n) is 12.0. The lowest BCUT2D eigenvalue weighted by atomic mass is 10.1. The molecule has 0 aromatic heterocycles. The molecule has 20 heavy (non-hydrogen) atoms. The summed E-state index contributed by atoms with van der Waals surface area (Å²) in [6.45, 7) is 6.46. The molecule has 5 heteroatoms. The van der Waals surface area contributed by atoms with E-state index in [2.05, 4.69) is 19.2 Å². The first-order chi connectivity index (χ1) is 9.50. The first kappa shape index (κ1) is 16.6. The molecule has 0 bridgehead atoms. The van der Waals surface area contributed by atoms with Crippen LogP contribution < -0.4 is 5.32 Å². The summed E-state index contributed by atoms with van der Waals surface area (Å²) in [5.41, 5.74) is 0.448. The molecule has 0 atom stereocenters. The van der Waals surface area contributed by atoms with Crippen LogP contribution in [0.1, 0.15) is 36.2 Å². The van der Waals surface area contributed by atoms with Gasteiger partial charge in [0.1, 0.15) is 5.82 Å². The second kappa shape index (κ2) is 8.66. The van der Waals surface area contributed by atoms with Crippen molar-refractivity contribution in [3.8, 4) is 0 Å². The fraction of sp³-hybridized carbons (Fsp3) is 0.533. The molecule has 4 nitrogen and oxygen atoms in total. The lowest BCUT2D eigenvalue weighted by Crippen LogP contribution is -2.20. The van der Waals surface area contributed by atoms with Crippen molar-refractivity contribution in [1.29, 1.82) is 0 Å². The van der Waals surface area contributed by atoms with Gasteiger partial charge in [0.15, 0.2) is 0 Å². The Bertz CT molecular complexity index is 435. The minimum atomic E-state index is -1.05. The lowest BCUT2D eigenvalue weighted by molar-refractivity contribution is 0.0696. The maximum absolute atomic E-state index is 13.5. The largest absolute Gasteiger partial charge is 0.478 e. The minimum Gasteiger partial charge on any atom is -0.478 e. The van der Waals surface area contributed by atoms with Crippen molar-refractivity contribution in [3.63, 3.8) is 0 Å². The second-order valence-corrected chi connectivity index (χ2v) is 5.08. The van der Waals surface area contributed by atoms with Gasteiger partial charge in [0.25, 0.3) is 0 Å². The van der Waals surface area contributed by atoms with E-state index in [-0.39, 0.29) is 5.56 Å². The summed E-state index contributed by atoms with van der Waals surface area (Å²) in [6, 6.07) is 3.79. The number of ether oxygens (including phenoxy) is 1. The summed E-state index contributed by atoms with van der Waals surface area (Å²) < 4.78 is 18.9. The van der Waals surface area contributed by atoms with Gasteiger partial charge in [-0.25, -0.2) is 9.18 Å². The smallest absolute Gasteiger partial charge is 0.335 e. The first-order valence-electron chi connectivity index (χ1n) is 6.81. The Balaban J connectivity index is 2.28. The number of halogens is 1. The van der Waals surface area contributed by atoms with Crippen molar-refractivity contribution in [2.75, 3.05) is 19.8 Å². The van der Waals surface area contributed by atoms with Crippen LogP contribution in [-0.4, -0.2) is 30.8 Å². The number of aromatic carboxylic acids is 1.